The fourth-order valence-corrected chi connectivity index (χ4v) is 10.1. The molecule has 0 N–H and O–H groups in total. The Bertz CT molecular complexity index is 1170. The summed E-state index contributed by atoms with van der Waals surface area (Å²) in [5.41, 5.74) is 8.33. The summed E-state index contributed by atoms with van der Waals surface area (Å²) < 4.78 is 19.3. The molecule has 0 unspecified atom stereocenters. The van der Waals surface area contributed by atoms with Crippen molar-refractivity contribution in [3.63, 3.8) is 0 Å². The quantitative estimate of drug-likeness (QED) is 0.137. The van der Waals surface area contributed by atoms with Gasteiger partial charge < -0.3 is 14.2 Å². The largest absolute Gasteiger partial charge is 0.381 e. The molecule has 0 heterocycles. The van der Waals surface area contributed by atoms with Gasteiger partial charge in [-0.25, -0.2) is 0 Å². The molecule has 0 aliphatic heterocycles. The summed E-state index contributed by atoms with van der Waals surface area (Å²) in [5, 5.41) is 0. The van der Waals surface area contributed by atoms with Crippen molar-refractivity contribution in [2.24, 2.45) is 5.41 Å². The molecule has 0 saturated carbocycles. The van der Waals surface area contributed by atoms with Gasteiger partial charge in [0.25, 0.3) is 0 Å². The first-order valence-corrected chi connectivity index (χ1v) is 17.6. The molecule has 44 heavy (non-hydrogen) atoms. The molecule has 3 aliphatic carbocycles. The number of ether oxygens (including phenoxy) is 3. The highest BCUT2D eigenvalue weighted by atomic mass is 16.5. The van der Waals surface area contributed by atoms with Gasteiger partial charge in [0, 0.05) is 61.3 Å². The van der Waals surface area contributed by atoms with E-state index < -0.39 is 0 Å². The number of rotatable bonds is 18. The molecule has 3 aromatic rings. The highest BCUT2D eigenvalue weighted by Gasteiger charge is 2.82. The van der Waals surface area contributed by atoms with Gasteiger partial charge in [-0.1, -0.05) is 120 Å². The molecule has 6 rings (SSSR count). The molecule has 0 fully saturated rings. The fraction of sp³-hybridized carbons (Fsp3) is 0.561. The molecule has 0 atom stereocenters. The third kappa shape index (κ3) is 4.25. The summed E-state index contributed by atoms with van der Waals surface area (Å²) >= 11 is 0. The highest BCUT2D eigenvalue weighted by molar-refractivity contribution is 5.77. The Hall–Kier alpha value is -2.46. The molecule has 0 amide bonds. The van der Waals surface area contributed by atoms with Crippen LogP contribution in [-0.4, -0.2) is 39.6 Å². The van der Waals surface area contributed by atoms with Crippen molar-refractivity contribution < 1.29 is 14.2 Å². The van der Waals surface area contributed by atoms with Crippen LogP contribution in [0.2, 0.25) is 0 Å². The van der Waals surface area contributed by atoms with Crippen LogP contribution >= 0.6 is 0 Å². The first-order valence-electron chi connectivity index (χ1n) is 17.6. The molecule has 3 nitrogen and oxygen atoms in total. The third-order valence-electron chi connectivity index (χ3n) is 11.9. The van der Waals surface area contributed by atoms with Gasteiger partial charge in [0.05, 0.1) is 0 Å². The lowest BCUT2D eigenvalue weighted by Crippen LogP contribution is -2.55. The molecule has 0 radical (unpaired) electrons. The van der Waals surface area contributed by atoms with E-state index in [2.05, 4.69) is 100 Å². The maximum absolute atomic E-state index is 6.45. The number of hydrogen-bond donors (Lipinski definition) is 0. The lowest BCUT2D eigenvalue weighted by molar-refractivity contribution is 0.00585. The predicted molar refractivity (Wildman–Crippen MR) is 181 cm³/mol. The summed E-state index contributed by atoms with van der Waals surface area (Å²) in [7, 11) is 0. The lowest BCUT2D eigenvalue weighted by atomic mass is 9.48. The van der Waals surface area contributed by atoms with Crippen LogP contribution in [0.5, 0.6) is 0 Å². The smallest absolute Gasteiger partial charge is 0.0478 e. The van der Waals surface area contributed by atoms with Gasteiger partial charge in [-0.2, -0.15) is 0 Å². The van der Waals surface area contributed by atoms with Gasteiger partial charge in [0.15, 0.2) is 0 Å². The van der Waals surface area contributed by atoms with Crippen LogP contribution in [0.3, 0.4) is 0 Å². The maximum atomic E-state index is 6.45. The topological polar surface area (TPSA) is 27.7 Å². The standard InChI is InChI=1S/C41H54O3/c1-5-8-26-42-29-23-39-32-17-11-13-19-34(32)40(24-30-43-27-9-6-2)36-21-15-16-22-37(36)41(38(39,40)4,25-31-44-28-10-7-3)35-20-14-12-18-33(35)39/h11-22H,5-10,23-31H2,1-4H3. The first kappa shape index (κ1) is 31.5. The molecule has 3 aliphatic rings. The van der Waals surface area contributed by atoms with E-state index in [1.165, 1.54) is 33.4 Å². The van der Waals surface area contributed by atoms with E-state index in [-0.39, 0.29) is 21.7 Å². The molecule has 0 bridgehead atoms. The van der Waals surface area contributed by atoms with Gasteiger partial charge in [-0.05, 0) is 71.9 Å². The van der Waals surface area contributed by atoms with E-state index in [4.69, 9.17) is 14.2 Å². The van der Waals surface area contributed by atoms with Crippen LogP contribution in [0, 0.1) is 5.41 Å². The summed E-state index contributed by atoms with van der Waals surface area (Å²) in [6.07, 6.45) is 9.75. The molecule has 236 valence electrons. The van der Waals surface area contributed by atoms with Gasteiger partial charge in [-0.3, -0.25) is 0 Å². The minimum Gasteiger partial charge on any atom is -0.381 e. The average Bonchev–Trinajstić information content (AvgIpc) is 3.47. The zero-order valence-corrected chi connectivity index (χ0v) is 27.8. The fourth-order valence-electron chi connectivity index (χ4n) is 10.1. The van der Waals surface area contributed by atoms with Crippen molar-refractivity contribution in [1.29, 1.82) is 0 Å². The third-order valence-corrected chi connectivity index (χ3v) is 11.9. The van der Waals surface area contributed by atoms with Gasteiger partial charge in [-0.15, -0.1) is 0 Å². The minimum absolute atomic E-state index is 0.152. The minimum atomic E-state index is -0.182. The monoisotopic (exact) mass is 594 g/mol. The lowest BCUT2D eigenvalue weighted by Gasteiger charge is -2.53. The normalized spacial score (nSPS) is 27.3. The Balaban J connectivity index is 1.59. The molecular formula is C41H54O3. The van der Waals surface area contributed by atoms with Crippen molar-refractivity contribution in [3.05, 3.63) is 106 Å². The Labute approximate surface area is 266 Å². The Morgan fingerprint density at radius 3 is 0.886 bits per heavy atom. The van der Waals surface area contributed by atoms with Crippen molar-refractivity contribution in [2.45, 2.75) is 102 Å². The van der Waals surface area contributed by atoms with E-state index in [0.29, 0.717) is 0 Å². The van der Waals surface area contributed by atoms with E-state index in [9.17, 15) is 0 Å². The Morgan fingerprint density at radius 2 is 0.659 bits per heavy atom. The summed E-state index contributed by atoms with van der Waals surface area (Å²) in [5.74, 6) is 0. The van der Waals surface area contributed by atoms with E-state index in [0.717, 1.165) is 97.4 Å². The Kier molecular flexibility index (Phi) is 9.39. The number of hydrogen-bond acceptors (Lipinski definition) is 3. The average molecular weight is 595 g/mol. The SMILES string of the molecule is CCCCOCCC12c3ccccc3C3(CCOCCCC)c4ccccc4C(CCOCCCC)(c4ccccc41)C23C. The van der Waals surface area contributed by atoms with E-state index >= 15 is 0 Å². The first-order chi connectivity index (χ1) is 21.6. The van der Waals surface area contributed by atoms with E-state index in [1.54, 1.807) is 0 Å². The zero-order chi connectivity index (χ0) is 30.7. The predicted octanol–water partition coefficient (Wildman–Crippen LogP) is 9.51. The maximum Gasteiger partial charge on any atom is 0.0478 e. The van der Waals surface area contributed by atoms with Crippen LogP contribution in [0.4, 0.5) is 0 Å². The Morgan fingerprint density at radius 1 is 0.409 bits per heavy atom. The summed E-state index contributed by atoms with van der Waals surface area (Å²) in [6.45, 7) is 14.2. The van der Waals surface area contributed by atoms with Crippen molar-refractivity contribution in [3.8, 4) is 0 Å². The molecular weight excluding hydrogens is 540 g/mol. The van der Waals surface area contributed by atoms with Crippen LogP contribution in [0.15, 0.2) is 72.8 Å². The number of unbranched alkanes of at least 4 members (excludes halogenated alkanes) is 3. The van der Waals surface area contributed by atoms with Gasteiger partial charge in [0.2, 0.25) is 0 Å². The molecule has 3 heteroatoms. The van der Waals surface area contributed by atoms with Crippen LogP contribution < -0.4 is 0 Å². The summed E-state index contributed by atoms with van der Waals surface area (Å²) in [6, 6.07) is 28.4. The van der Waals surface area contributed by atoms with Crippen LogP contribution in [-0.2, 0) is 30.5 Å². The highest BCUT2D eigenvalue weighted by Crippen LogP contribution is 2.84. The molecule has 0 aromatic heterocycles. The molecule has 0 saturated heterocycles. The van der Waals surface area contributed by atoms with Crippen LogP contribution in [0.25, 0.3) is 0 Å². The van der Waals surface area contributed by atoms with Gasteiger partial charge in [0.1, 0.15) is 0 Å². The second kappa shape index (κ2) is 13.1. The van der Waals surface area contributed by atoms with E-state index in [1.807, 2.05) is 0 Å². The number of benzene rings is 3. The van der Waals surface area contributed by atoms with Crippen molar-refractivity contribution in [1.82, 2.24) is 0 Å². The van der Waals surface area contributed by atoms with Crippen molar-refractivity contribution in [2.75, 3.05) is 39.6 Å². The second-order valence-electron chi connectivity index (χ2n) is 13.6. The number of fused-ring (bicyclic) bond motifs is 9. The van der Waals surface area contributed by atoms with Crippen LogP contribution in [0.1, 0.15) is 119 Å². The second-order valence-corrected chi connectivity index (χ2v) is 13.6. The molecule has 3 aromatic carbocycles. The summed E-state index contributed by atoms with van der Waals surface area (Å²) in [4.78, 5) is 0. The van der Waals surface area contributed by atoms with Crippen molar-refractivity contribution >= 4 is 0 Å². The molecule has 0 spiro atoms. The van der Waals surface area contributed by atoms with Gasteiger partial charge >= 0.3 is 0 Å². The zero-order valence-electron chi connectivity index (χ0n) is 27.8.